The molecule has 0 aromatic carbocycles. The normalized spacial score (nSPS) is 15.2. The van der Waals surface area contributed by atoms with Gasteiger partial charge in [-0.25, -0.2) is 4.79 Å². The first-order chi connectivity index (χ1) is 12.0. The third kappa shape index (κ3) is 16.9. The van der Waals surface area contributed by atoms with E-state index in [0.717, 1.165) is 29.7 Å². The minimum atomic E-state index is -1.77. The van der Waals surface area contributed by atoms with Crippen molar-refractivity contribution in [3.8, 4) is 0 Å². The van der Waals surface area contributed by atoms with Crippen molar-refractivity contribution in [2.75, 3.05) is 0 Å². The fourth-order valence-electron chi connectivity index (χ4n) is 3.31. The summed E-state index contributed by atoms with van der Waals surface area (Å²) >= 11 is 0. The Kier molecular flexibility index (Phi) is 13.3. The maximum absolute atomic E-state index is 11.8. The fourth-order valence-corrected chi connectivity index (χ4v) is 3.97. The summed E-state index contributed by atoms with van der Waals surface area (Å²) in [5.74, 6) is 2.36. The molecule has 0 rings (SSSR count). The summed E-state index contributed by atoms with van der Waals surface area (Å²) in [6.07, 6.45) is 13.4. The van der Waals surface area contributed by atoms with Gasteiger partial charge in [0.2, 0.25) is 8.32 Å². The molecule has 0 aliphatic carbocycles. The van der Waals surface area contributed by atoms with Crippen LogP contribution in [-0.4, -0.2) is 14.3 Å². The first-order valence-corrected chi connectivity index (χ1v) is 14.3. The summed E-state index contributed by atoms with van der Waals surface area (Å²) in [5, 5.41) is 0. The van der Waals surface area contributed by atoms with Gasteiger partial charge < -0.3 is 4.43 Å². The number of rotatable bonds is 14. The van der Waals surface area contributed by atoms with Gasteiger partial charge in [-0.15, -0.1) is 0 Å². The monoisotopic (exact) mass is 382 g/mol. The minimum Gasteiger partial charge on any atom is -0.517 e. The first-order valence-electron chi connectivity index (χ1n) is 10.9. The van der Waals surface area contributed by atoms with E-state index in [9.17, 15) is 4.79 Å². The molecule has 0 radical (unpaired) electrons. The van der Waals surface area contributed by atoms with E-state index in [1.54, 1.807) is 6.08 Å². The van der Waals surface area contributed by atoms with E-state index in [1.165, 1.54) is 51.4 Å². The summed E-state index contributed by atoms with van der Waals surface area (Å²) in [5.41, 5.74) is 1.15. The van der Waals surface area contributed by atoms with Crippen LogP contribution in [0.25, 0.3) is 0 Å². The Bertz CT molecular complexity index is 407. The van der Waals surface area contributed by atoms with Gasteiger partial charge in [0.15, 0.2) is 0 Å². The summed E-state index contributed by atoms with van der Waals surface area (Å²) in [6.45, 7) is 17.6. The molecule has 2 atom stereocenters. The van der Waals surface area contributed by atoms with Crippen LogP contribution in [0.4, 0.5) is 0 Å². The fraction of sp³-hybridized carbons (Fsp3) is 0.870. The van der Waals surface area contributed by atoms with E-state index in [2.05, 4.69) is 34.6 Å². The molecule has 0 heterocycles. The zero-order valence-corrected chi connectivity index (χ0v) is 20.0. The molecule has 0 aromatic heterocycles. The quantitative estimate of drug-likeness (QED) is 0.227. The second-order valence-corrected chi connectivity index (χ2v) is 14.3. The van der Waals surface area contributed by atoms with E-state index in [4.69, 9.17) is 4.43 Å². The summed E-state index contributed by atoms with van der Waals surface area (Å²) in [6, 6.07) is 0. The molecule has 3 heteroatoms. The van der Waals surface area contributed by atoms with Gasteiger partial charge in [0, 0.05) is 6.08 Å². The molecule has 0 amide bonds. The van der Waals surface area contributed by atoms with Crippen molar-refractivity contribution in [2.24, 2.45) is 17.8 Å². The van der Waals surface area contributed by atoms with E-state index < -0.39 is 8.32 Å². The lowest BCUT2D eigenvalue weighted by molar-refractivity contribution is -0.129. The topological polar surface area (TPSA) is 26.3 Å². The average Bonchev–Trinajstić information content (AvgIpc) is 2.44. The molecule has 0 saturated carbocycles. The van der Waals surface area contributed by atoms with E-state index in [0.29, 0.717) is 0 Å². The van der Waals surface area contributed by atoms with Crippen molar-refractivity contribution in [1.82, 2.24) is 0 Å². The summed E-state index contributed by atoms with van der Waals surface area (Å²) in [4.78, 5) is 11.8. The molecular formula is C23H46O2Si. The maximum Gasteiger partial charge on any atom is 0.317 e. The summed E-state index contributed by atoms with van der Waals surface area (Å²) in [7, 11) is -1.77. The highest BCUT2D eigenvalue weighted by molar-refractivity contribution is 6.71. The second-order valence-electron chi connectivity index (χ2n) is 9.88. The van der Waals surface area contributed by atoms with Gasteiger partial charge in [0.05, 0.1) is 0 Å². The van der Waals surface area contributed by atoms with Crippen molar-refractivity contribution >= 4 is 14.3 Å². The van der Waals surface area contributed by atoms with Crippen LogP contribution in [0.1, 0.15) is 92.4 Å². The van der Waals surface area contributed by atoms with E-state index in [-0.39, 0.29) is 5.97 Å². The van der Waals surface area contributed by atoms with Crippen LogP contribution < -0.4 is 0 Å². The smallest absolute Gasteiger partial charge is 0.317 e. The predicted molar refractivity (Wildman–Crippen MR) is 118 cm³/mol. The Morgan fingerprint density at radius 3 is 1.77 bits per heavy atom. The molecular weight excluding hydrogens is 336 g/mol. The molecule has 2 unspecified atom stereocenters. The van der Waals surface area contributed by atoms with Crippen LogP contribution in [0.2, 0.25) is 19.6 Å². The van der Waals surface area contributed by atoms with Crippen LogP contribution >= 0.6 is 0 Å². The number of hydrogen-bond acceptors (Lipinski definition) is 2. The molecule has 0 aliphatic heterocycles. The lowest BCUT2D eigenvalue weighted by atomic mass is 9.91. The molecule has 2 nitrogen and oxygen atoms in total. The lowest BCUT2D eigenvalue weighted by Gasteiger charge is -2.16. The van der Waals surface area contributed by atoms with E-state index >= 15 is 0 Å². The van der Waals surface area contributed by atoms with Gasteiger partial charge in [-0.3, -0.25) is 0 Å². The highest BCUT2D eigenvalue weighted by Gasteiger charge is 2.18. The van der Waals surface area contributed by atoms with Crippen LogP contribution in [0, 0.1) is 17.8 Å². The molecule has 0 fully saturated rings. The zero-order valence-electron chi connectivity index (χ0n) is 19.0. The Morgan fingerprint density at radius 1 is 0.846 bits per heavy atom. The van der Waals surface area contributed by atoms with Gasteiger partial charge in [-0.1, -0.05) is 78.2 Å². The highest BCUT2D eigenvalue weighted by atomic mass is 28.4. The van der Waals surface area contributed by atoms with Crippen LogP contribution in [0.15, 0.2) is 11.6 Å². The van der Waals surface area contributed by atoms with Gasteiger partial charge in [0.25, 0.3) is 0 Å². The number of carbonyl (C=O) groups excluding carboxylic acids is 1. The van der Waals surface area contributed by atoms with Gasteiger partial charge in [-0.2, -0.15) is 0 Å². The van der Waals surface area contributed by atoms with Crippen molar-refractivity contribution in [1.29, 1.82) is 0 Å². The van der Waals surface area contributed by atoms with Gasteiger partial charge in [0.1, 0.15) is 0 Å². The summed E-state index contributed by atoms with van der Waals surface area (Å²) < 4.78 is 5.48. The Morgan fingerprint density at radius 2 is 1.31 bits per heavy atom. The Hall–Kier alpha value is -0.573. The molecule has 0 N–H and O–H groups in total. The van der Waals surface area contributed by atoms with Crippen LogP contribution in [-0.2, 0) is 9.22 Å². The molecule has 26 heavy (non-hydrogen) atoms. The SMILES string of the molecule is C/C(=C/C(=O)O[Si](C)(C)C)CCCC(C)CCCC(C)CCCC(C)C. The molecule has 0 spiro atoms. The van der Waals surface area contributed by atoms with Gasteiger partial charge in [-0.05, 0) is 57.2 Å². The maximum atomic E-state index is 11.8. The average molecular weight is 383 g/mol. The largest absolute Gasteiger partial charge is 0.517 e. The Labute approximate surface area is 165 Å². The first kappa shape index (κ1) is 25.4. The zero-order chi connectivity index (χ0) is 20.2. The minimum absolute atomic E-state index is 0.152. The van der Waals surface area contributed by atoms with Crippen molar-refractivity contribution in [2.45, 2.75) is 112 Å². The predicted octanol–water partition coefficient (Wildman–Crippen LogP) is 7.75. The van der Waals surface area contributed by atoms with Crippen LogP contribution in [0.3, 0.4) is 0 Å². The third-order valence-electron chi connectivity index (χ3n) is 4.91. The second kappa shape index (κ2) is 13.6. The van der Waals surface area contributed by atoms with Gasteiger partial charge >= 0.3 is 5.97 Å². The Balaban J connectivity index is 3.82. The molecule has 0 aromatic rings. The molecule has 0 saturated heterocycles. The van der Waals surface area contributed by atoms with Crippen molar-refractivity contribution in [3.63, 3.8) is 0 Å². The number of allylic oxidation sites excluding steroid dienone is 1. The van der Waals surface area contributed by atoms with Crippen molar-refractivity contribution in [3.05, 3.63) is 11.6 Å². The number of hydrogen-bond donors (Lipinski definition) is 0. The third-order valence-corrected chi connectivity index (χ3v) is 5.72. The standard InChI is InChI=1S/C23H46O2Si/c1-19(2)12-9-13-20(3)14-10-15-21(4)16-11-17-22(5)18-23(24)25-26(6,7)8/h18-21H,9-17H2,1-8H3/b22-18-. The van der Waals surface area contributed by atoms with E-state index in [1.807, 2.05) is 19.6 Å². The molecule has 0 aliphatic rings. The lowest BCUT2D eigenvalue weighted by Crippen LogP contribution is -2.28. The molecule has 0 bridgehead atoms. The highest BCUT2D eigenvalue weighted by Crippen LogP contribution is 2.22. The van der Waals surface area contributed by atoms with Crippen molar-refractivity contribution < 1.29 is 9.22 Å². The molecule has 154 valence electrons. The number of carbonyl (C=O) groups is 1. The van der Waals surface area contributed by atoms with Crippen LogP contribution in [0.5, 0.6) is 0 Å².